The average Bonchev–Trinajstić information content (AvgIpc) is 2.26. The predicted octanol–water partition coefficient (Wildman–Crippen LogP) is 4.38. The molecule has 1 fully saturated rings. The van der Waals surface area contributed by atoms with Gasteiger partial charge in [0.05, 0.1) is 6.10 Å². The Labute approximate surface area is 109 Å². The van der Waals surface area contributed by atoms with E-state index in [-0.39, 0.29) is 17.2 Å². The standard InChI is InChI=1S/C16H23FO/c1-11-8-12(10-13(17)9-11)15(18)14-6-4-5-7-16(14,2)3/h8-10,14-15,18H,4-7H2,1-3H3. The number of aliphatic hydroxyl groups excluding tert-OH is 1. The Kier molecular flexibility index (Phi) is 3.76. The van der Waals surface area contributed by atoms with Crippen molar-refractivity contribution in [3.8, 4) is 0 Å². The molecule has 1 saturated carbocycles. The first kappa shape index (κ1) is 13.5. The van der Waals surface area contributed by atoms with Gasteiger partial charge in [-0.1, -0.05) is 32.8 Å². The fourth-order valence-corrected chi connectivity index (χ4v) is 3.27. The Bertz CT molecular complexity index is 405. The lowest BCUT2D eigenvalue weighted by atomic mass is 9.65. The van der Waals surface area contributed by atoms with E-state index in [1.165, 1.54) is 25.0 Å². The van der Waals surface area contributed by atoms with Crippen LogP contribution in [0.25, 0.3) is 0 Å². The maximum Gasteiger partial charge on any atom is 0.123 e. The Hall–Kier alpha value is -0.890. The first-order valence-electron chi connectivity index (χ1n) is 6.85. The lowest BCUT2D eigenvalue weighted by Gasteiger charge is -2.41. The van der Waals surface area contributed by atoms with E-state index in [2.05, 4.69) is 13.8 Å². The van der Waals surface area contributed by atoms with Gasteiger partial charge in [0, 0.05) is 0 Å². The Balaban J connectivity index is 2.26. The van der Waals surface area contributed by atoms with Crippen LogP contribution in [0.15, 0.2) is 18.2 Å². The number of benzene rings is 1. The van der Waals surface area contributed by atoms with Crippen LogP contribution in [-0.2, 0) is 0 Å². The molecule has 0 amide bonds. The molecule has 1 aliphatic rings. The van der Waals surface area contributed by atoms with Crippen LogP contribution < -0.4 is 0 Å². The van der Waals surface area contributed by atoms with Crippen molar-refractivity contribution in [1.82, 2.24) is 0 Å². The lowest BCUT2D eigenvalue weighted by molar-refractivity contribution is 0.00367. The highest BCUT2D eigenvalue weighted by Gasteiger charge is 2.37. The van der Waals surface area contributed by atoms with Crippen LogP contribution in [0.3, 0.4) is 0 Å². The first-order chi connectivity index (χ1) is 8.40. The molecule has 1 aromatic rings. The van der Waals surface area contributed by atoms with E-state index in [0.29, 0.717) is 0 Å². The Morgan fingerprint density at radius 2 is 2.00 bits per heavy atom. The number of aryl methyl sites for hydroxylation is 1. The van der Waals surface area contributed by atoms with Gasteiger partial charge in [0.25, 0.3) is 0 Å². The molecule has 2 atom stereocenters. The molecule has 0 heterocycles. The summed E-state index contributed by atoms with van der Waals surface area (Å²) < 4.78 is 13.4. The number of hydrogen-bond donors (Lipinski definition) is 1. The Morgan fingerprint density at radius 3 is 2.61 bits per heavy atom. The van der Waals surface area contributed by atoms with Crippen molar-refractivity contribution < 1.29 is 9.50 Å². The number of aliphatic hydroxyl groups is 1. The molecule has 2 rings (SSSR count). The highest BCUT2D eigenvalue weighted by molar-refractivity contribution is 5.26. The molecule has 1 aromatic carbocycles. The second-order valence-corrected chi connectivity index (χ2v) is 6.35. The molecule has 100 valence electrons. The van der Waals surface area contributed by atoms with Gasteiger partial charge in [0.15, 0.2) is 0 Å². The minimum Gasteiger partial charge on any atom is -0.388 e. The fourth-order valence-electron chi connectivity index (χ4n) is 3.27. The van der Waals surface area contributed by atoms with Crippen LogP contribution in [0.1, 0.15) is 56.8 Å². The average molecular weight is 250 g/mol. The van der Waals surface area contributed by atoms with Gasteiger partial charge in [0.2, 0.25) is 0 Å². The quantitative estimate of drug-likeness (QED) is 0.825. The monoisotopic (exact) mass is 250 g/mol. The van der Waals surface area contributed by atoms with Gasteiger partial charge in [-0.2, -0.15) is 0 Å². The summed E-state index contributed by atoms with van der Waals surface area (Å²) in [4.78, 5) is 0. The van der Waals surface area contributed by atoms with Crippen LogP contribution in [0.4, 0.5) is 4.39 Å². The van der Waals surface area contributed by atoms with E-state index in [4.69, 9.17) is 0 Å². The topological polar surface area (TPSA) is 20.2 Å². The van der Waals surface area contributed by atoms with Crippen molar-refractivity contribution in [2.45, 2.75) is 52.6 Å². The van der Waals surface area contributed by atoms with E-state index in [1.54, 1.807) is 0 Å². The molecule has 18 heavy (non-hydrogen) atoms. The van der Waals surface area contributed by atoms with Gasteiger partial charge in [-0.25, -0.2) is 4.39 Å². The van der Waals surface area contributed by atoms with E-state index in [9.17, 15) is 9.50 Å². The number of hydrogen-bond acceptors (Lipinski definition) is 1. The zero-order valence-electron chi connectivity index (χ0n) is 11.5. The maximum atomic E-state index is 13.4. The third kappa shape index (κ3) is 2.74. The molecular formula is C16H23FO. The van der Waals surface area contributed by atoms with Gasteiger partial charge >= 0.3 is 0 Å². The van der Waals surface area contributed by atoms with Gasteiger partial charge in [-0.15, -0.1) is 0 Å². The summed E-state index contributed by atoms with van der Waals surface area (Å²) in [5.74, 6) is -0.0230. The fraction of sp³-hybridized carbons (Fsp3) is 0.625. The summed E-state index contributed by atoms with van der Waals surface area (Å²) in [6, 6.07) is 4.88. The molecule has 0 saturated heterocycles. The second kappa shape index (κ2) is 5.00. The largest absolute Gasteiger partial charge is 0.388 e. The molecule has 0 spiro atoms. The zero-order chi connectivity index (χ0) is 13.3. The third-order valence-corrected chi connectivity index (χ3v) is 4.38. The van der Waals surface area contributed by atoms with Gasteiger partial charge < -0.3 is 5.11 Å². The van der Waals surface area contributed by atoms with Crippen molar-refractivity contribution in [3.05, 3.63) is 35.1 Å². The minimum atomic E-state index is -0.547. The summed E-state index contributed by atoms with van der Waals surface area (Å²) >= 11 is 0. The first-order valence-corrected chi connectivity index (χ1v) is 6.85. The molecule has 1 N–H and O–H groups in total. The van der Waals surface area contributed by atoms with Crippen LogP contribution in [-0.4, -0.2) is 5.11 Å². The van der Waals surface area contributed by atoms with E-state index in [1.807, 2.05) is 13.0 Å². The summed E-state index contributed by atoms with van der Waals surface area (Å²) in [6.07, 6.45) is 4.03. The molecule has 1 nitrogen and oxygen atoms in total. The maximum absolute atomic E-state index is 13.4. The highest BCUT2D eigenvalue weighted by Crippen LogP contribution is 2.46. The lowest BCUT2D eigenvalue weighted by Crippen LogP contribution is -2.32. The van der Waals surface area contributed by atoms with Gasteiger partial charge in [0.1, 0.15) is 5.82 Å². The van der Waals surface area contributed by atoms with Crippen molar-refractivity contribution >= 4 is 0 Å². The van der Waals surface area contributed by atoms with E-state index < -0.39 is 6.10 Å². The normalized spacial score (nSPS) is 24.8. The molecule has 0 radical (unpaired) electrons. The molecule has 2 heteroatoms. The van der Waals surface area contributed by atoms with Gasteiger partial charge in [-0.3, -0.25) is 0 Å². The predicted molar refractivity (Wildman–Crippen MR) is 71.8 cm³/mol. The summed E-state index contributed by atoms with van der Waals surface area (Å²) in [7, 11) is 0. The molecule has 0 aromatic heterocycles. The zero-order valence-corrected chi connectivity index (χ0v) is 11.5. The van der Waals surface area contributed by atoms with Gasteiger partial charge in [-0.05, 0) is 54.4 Å². The van der Waals surface area contributed by atoms with E-state index >= 15 is 0 Å². The van der Waals surface area contributed by atoms with Crippen molar-refractivity contribution in [2.24, 2.45) is 11.3 Å². The summed E-state index contributed by atoms with van der Waals surface area (Å²) in [5.41, 5.74) is 1.74. The molecule has 0 bridgehead atoms. The van der Waals surface area contributed by atoms with Crippen LogP contribution >= 0.6 is 0 Å². The highest BCUT2D eigenvalue weighted by atomic mass is 19.1. The molecule has 0 aliphatic heterocycles. The second-order valence-electron chi connectivity index (χ2n) is 6.35. The number of rotatable bonds is 2. The molecular weight excluding hydrogens is 227 g/mol. The Morgan fingerprint density at radius 1 is 1.28 bits per heavy atom. The van der Waals surface area contributed by atoms with Crippen molar-refractivity contribution in [1.29, 1.82) is 0 Å². The third-order valence-electron chi connectivity index (χ3n) is 4.38. The minimum absolute atomic E-state index is 0.137. The van der Waals surface area contributed by atoms with Crippen molar-refractivity contribution in [2.75, 3.05) is 0 Å². The molecule has 1 aliphatic carbocycles. The smallest absolute Gasteiger partial charge is 0.123 e. The summed E-state index contributed by atoms with van der Waals surface area (Å²) in [5, 5.41) is 10.6. The van der Waals surface area contributed by atoms with Crippen LogP contribution in [0.5, 0.6) is 0 Å². The van der Waals surface area contributed by atoms with Crippen LogP contribution in [0.2, 0.25) is 0 Å². The van der Waals surface area contributed by atoms with Crippen LogP contribution in [0, 0.1) is 24.1 Å². The molecule has 2 unspecified atom stereocenters. The SMILES string of the molecule is Cc1cc(F)cc(C(O)C2CCCCC2(C)C)c1. The van der Waals surface area contributed by atoms with E-state index in [0.717, 1.165) is 24.0 Å². The number of halogens is 1. The summed E-state index contributed by atoms with van der Waals surface area (Å²) in [6.45, 7) is 6.30. The van der Waals surface area contributed by atoms with Crippen molar-refractivity contribution in [3.63, 3.8) is 0 Å².